The topological polar surface area (TPSA) is 71.3 Å². The standard InChI is InChI=1S/C24H28N4O2/c1-17-7-3-5-9-20(17)15-25-24(29)19-11-13-28(14-12-19)16-22-26-23(27-30-22)21-10-6-4-8-18(21)2/h3-10,19H,11-16H2,1-2H3,(H,25,29). The van der Waals surface area contributed by atoms with Crippen molar-refractivity contribution in [3.05, 3.63) is 71.1 Å². The molecule has 0 bridgehead atoms. The summed E-state index contributed by atoms with van der Waals surface area (Å²) in [5, 5.41) is 7.24. The molecule has 4 rings (SSSR count). The van der Waals surface area contributed by atoms with Gasteiger partial charge < -0.3 is 9.84 Å². The van der Waals surface area contributed by atoms with Crippen molar-refractivity contribution in [2.45, 2.75) is 39.8 Å². The lowest BCUT2D eigenvalue weighted by Gasteiger charge is -2.30. The van der Waals surface area contributed by atoms with Gasteiger partial charge in [-0.2, -0.15) is 4.98 Å². The van der Waals surface area contributed by atoms with E-state index in [0.29, 0.717) is 24.8 Å². The number of carbonyl (C=O) groups is 1. The molecule has 1 aliphatic rings. The molecule has 0 aliphatic carbocycles. The molecule has 1 aliphatic heterocycles. The second kappa shape index (κ2) is 9.22. The molecule has 2 heterocycles. The monoisotopic (exact) mass is 404 g/mol. The number of aryl methyl sites for hydroxylation is 2. The third-order valence-electron chi connectivity index (χ3n) is 5.89. The highest BCUT2D eigenvalue weighted by Gasteiger charge is 2.26. The van der Waals surface area contributed by atoms with Gasteiger partial charge in [-0.3, -0.25) is 9.69 Å². The van der Waals surface area contributed by atoms with E-state index in [1.165, 1.54) is 11.1 Å². The van der Waals surface area contributed by atoms with Crippen LogP contribution in [0.5, 0.6) is 0 Å². The van der Waals surface area contributed by atoms with Crippen LogP contribution >= 0.6 is 0 Å². The summed E-state index contributed by atoms with van der Waals surface area (Å²) in [7, 11) is 0. The summed E-state index contributed by atoms with van der Waals surface area (Å²) < 4.78 is 5.47. The van der Waals surface area contributed by atoms with E-state index in [2.05, 4.69) is 39.4 Å². The number of rotatable bonds is 6. The second-order valence-electron chi connectivity index (χ2n) is 8.02. The summed E-state index contributed by atoms with van der Waals surface area (Å²) in [6, 6.07) is 16.2. The van der Waals surface area contributed by atoms with Gasteiger partial charge in [0.15, 0.2) is 0 Å². The van der Waals surface area contributed by atoms with Crippen molar-refractivity contribution in [1.82, 2.24) is 20.4 Å². The Hall–Kier alpha value is -2.99. The maximum atomic E-state index is 12.6. The van der Waals surface area contributed by atoms with Gasteiger partial charge in [0.2, 0.25) is 17.6 Å². The van der Waals surface area contributed by atoms with Crippen LogP contribution < -0.4 is 5.32 Å². The minimum atomic E-state index is 0.0653. The maximum Gasteiger partial charge on any atom is 0.241 e. The lowest BCUT2D eigenvalue weighted by atomic mass is 9.95. The summed E-state index contributed by atoms with van der Waals surface area (Å²) in [4.78, 5) is 19.4. The summed E-state index contributed by atoms with van der Waals surface area (Å²) in [5.74, 6) is 1.47. The van der Waals surface area contributed by atoms with Crippen LogP contribution in [0.4, 0.5) is 0 Å². The Morgan fingerprint density at radius 2 is 1.77 bits per heavy atom. The molecule has 30 heavy (non-hydrogen) atoms. The number of piperidine rings is 1. The van der Waals surface area contributed by atoms with Gasteiger partial charge in [0.25, 0.3) is 0 Å². The third kappa shape index (κ3) is 4.76. The van der Waals surface area contributed by atoms with Crippen molar-refractivity contribution in [2.24, 2.45) is 5.92 Å². The zero-order chi connectivity index (χ0) is 20.9. The fraction of sp³-hybridized carbons (Fsp3) is 0.375. The summed E-state index contributed by atoms with van der Waals surface area (Å²) in [5.41, 5.74) is 4.50. The Morgan fingerprint density at radius 3 is 2.50 bits per heavy atom. The molecule has 1 fully saturated rings. The van der Waals surface area contributed by atoms with E-state index in [9.17, 15) is 4.79 Å². The van der Waals surface area contributed by atoms with E-state index in [4.69, 9.17) is 4.52 Å². The zero-order valence-corrected chi connectivity index (χ0v) is 17.6. The lowest BCUT2D eigenvalue weighted by Crippen LogP contribution is -2.40. The van der Waals surface area contributed by atoms with Crippen LogP contribution in [0.2, 0.25) is 0 Å². The van der Waals surface area contributed by atoms with Crippen LogP contribution in [0.3, 0.4) is 0 Å². The van der Waals surface area contributed by atoms with Gasteiger partial charge in [0, 0.05) is 18.0 Å². The number of amides is 1. The molecule has 6 heteroatoms. The fourth-order valence-corrected chi connectivity index (χ4v) is 3.93. The number of nitrogens with zero attached hydrogens (tertiary/aromatic N) is 3. The Labute approximate surface area is 177 Å². The van der Waals surface area contributed by atoms with E-state index in [0.717, 1.165) is 37.1 Å². The van der Waals surface area contributed by atoms with E-state index < -0.39 is 0 Å². The SMILES string of the molecule is Cc1ccccc1CNC(=O)C1CCN(Cc2nc(-c3ccccc3C)no2)CC1. The molecule has 0 radical (unpaired) electrons. The predicted molar refractivity (Wildman–Crippen MR) is 115 cm³/mol. The Bertz CT molecular complexity index is 1010. The van der Waals surface area contributed by atoms with E-state index in [-0.39, 0.29) is 11.8 Å². The molecular weight excluding hydrogens is 376 g/mol. The summed E-state index contributed by atoms with van der Waals surface area (Å²) in [6.07, 6.45) is 1.69. The highest BCUT2D eigenvalue weighted by molar-refractivity contribution is 5.78. The van der Waals surface area contributed by atoms with Crippen molar-refractivity contribution in [3.8, 4) is 11.4 Å². The molecule has 0 saturated carbocycles. The number of hydrogen-bond donors (Lipinski definition) is 1. The van der Waals surface area contributed by atoms with Crippen LogP contribution in [-0.4, -0.2) is 34.0 Å². The fourth-order valence-electron chi connectivity index (χ4n) is 3.93. The van der Waals surface area contributed by atoms with Crippen molar-refractivity contribution in [3.63, 3.8) is 0 Å². The molecule has 156 valence electrons. The number of likely N-dealkylation sites (tertiary alicyclic amines) is 1. The zero-order valence-electron chi connectivity index (χ0n) is 17.6. The van der Waals surface area contributed by atoms with Crippen molar-refractivity contribution in [1.29, 1.82) is 0 Å². The first-order valence-electron chi connectivity index (χ1n) is 10.5. The molecule has 1 amide bonds. The van der Waals surface area contributed by atoms with Gasteiger partial charge in [-0.05, 0) is 56.5 Å². The normalized spacial score (nSPS) is 15.3. The lowest BCUT2D eigenvalue weighted by molar-refractivity contribution is -0.126. The van der Waals surface area contributed by atoms with E-state index in [1.54, 1.807) is 0 Å². The quantitative estimate of drug-likeness (QED) is 0.675. The molecule has 1 N–H and O–H groups in total. The Balaban J connectivity index is 1.26. The first-order valence-corrected chi connectivity index (χ1v) is 10.5. The number of aromatic nitrogens is 2. The second-order valence-corrected chi connectivity index (χ2v) is 8.02. The number of benzene rings is 2. The Morgan fingerprint density at radius 1 is 1.07 bits per heavy atom. The summed E-state index contributed by atoms with van der Waals surface area (Å²) >= 11 is 0. The third-order valence-corrected chi connectivity index (χ3v) is 5.89. The minimum Gasteiger partial charge on any atom is -0.352 e. The van der Waals surface area contributed by atoms with Crippen LogP contribution in [-0.2, 0) is 17.9 Å². The van der Waals surface area contributed by atoms with Gasteiger partial charge in [-0.15, -0.1) is 0 Å². The molecule has 1 aromatic heterocycles. The molecule has 6 nitrogen and oxygen atoms in total. The van der Waals surface area contributed by atoms with Crippen LogP contribution in [0.25, 0.3) is 11.4 Å². The smallest absolute Gasteiger partial charge is 0.241 e. The largest absolute Gasteiger partial charge is 0.352 e. The Kier molecular flexibility index (Phi) is 6.23. The van der Waals surface area contributed by atoms with Gasteiger partial charge in [-0.1, -0.05) is 53.7 Å². The molecule has 2 aromatic carbocycles. The highest BCUT2D eigenvalue weighted by Crippen LogP contribution is 2.22. The average Bonchev–Trinajstić information content (AvgIpc) is 3.22. The molecule has 3 aromatic rings. The average molecular weight is 405 g/mol. The highest BCUT2D eigenvalue weighted by atomic mass is 16.5. The van der Waals surface area contributed by atoms with Gasteiger partial charge >= 0.3 is 0 Å². The van der Waals surface area contributed by atoms with Crippen molar-refractivity contribution < 1.29 is 9.32 Å². The van der Waals surface area contributed by atoms with Crippen molar-refractivity contribution in [2.75, 3.05) is 13.1 Å². The van der Waals surface area contributed by atoms with Gasteiger partial charge in [-0.25, -0.2) is 0 Å². The van der Waals surface area contributed by atoms with Crippen molar-refractivity contribution >= 4 is 5.91 Å². The predicted octanol–water partition coefficient (Wildman–Crippen LogP) is 3.88. The van der Waals surface area contributed by atoms with Gasteiger partial charge in [0.05, 0.1) is 6.54 Å². The first-order chi connectivity index (χ1) is 14.6. The number of hydrogen-bond acceptors (Lipinski definition) is 5. The molecular formula is C24H28N4O2. The molecule has 0 unspecified atom stereocenters. The number of nitrogens with one attached hydrogen (secondary N) is 1. The molecule has 0 atom stereocenters. The van der Waals surface area contributed by atoms with Crippen LogP contribution in [0, 0.1) is 19.8 Å². The molecule has 0 spiro atoms. The number of carbonyl (C=O) groups excluding carboxylic acids is 1. The van der Waals surface area contributed by atoms with E-state index in [1.807, 2.05) is 43.3 Å². The maximum absolute atomic E-state index is 12.6. The van der Waals surface area contributed by atoms with Gasteiger partial charge in [0.1, 0.15) is 0 Å². The van der Waals surface area contributed by atoms with Crippen LogP contribution in [0.15, 0.2) is 53.1 Å². The molecule has 1 saturated heterocycles. The minimum absolute atomic E-state index is 0.0653. The first kappa shape index (κ1) is 20.3. The summed E-state index contributed by atoms with van der Waals surface area (Å²) in [6.45, 7) is 7.03. The van der Waals surface area contributed by atoms with Crippen LogP contribution in [0.1, 0.15) is 35.4 Å². The van der Waals surface area contributed by atoms with E-state index >= 15 is 0 Å².